The molecule has 1 nitrogen and oxygen atoms in total. The van der Waals surface area contributed by atoms with Crippen molar-refractivity contribution in [3.63, 3.8) is 0 Å². The molecule has 1 N–H and O–H groups in total. The summed E-state index contributed by atoms with van der Waals surface area (Å²) in [7, 11) is 0. The van der Waals surface area contributed by atoms with Crippen LogP contribution in [0.5, 0.6) is 0 Å². The highest BCUT2D eigenvalue weighted by molar-refractivity contribution is 5.71. The quantitative estimate of drug-likeness (QED) is 0.785. The fourth-order valence-electron chi connectivity index (χ4n) is 2.49. The molecule has 0 bridgehead atoms. The van der Waals surface area contributed by atoms with E-state index in [-0.39, 0.29) is 0 Å². The van der Waals surface area contributed by atoms with Crippen molar-refractivity contribution < 1.29 is 0 Å². The number of fused-ring (bicyclic) bond motifs is 1. The Kier molecular flexibility index (Phi) is 2.60. The van der Waals surface area contributed by atoms with Crippen LogP contribution in [0.4, 0.5) is 0 Å². The molecule has 1 aromatic heterocycles. The van der Waals surface area contributed by atoms with Gasteiger partial charge in [0.2, 0.25) is 0 Å². The van der Waals surface area contributed by atoms with E-state index in [1.165, 1.54) is 27.9 Å². The minimum atomic E-state index is 1.10. The molecule has 0 saturated carbocycles. The molecular weight excluding hydrogens is 206 g/mol. The minimum absolute atomic E-state index is 1.10. The van der Waals surface area contributed by atoms with Crippen molar-refractivity contribution in [3.8, 4) is 11.3 Å². The summed E-state index contributed by atoms with van der Waals surface area (Å²) in [6, 6.07) is 8.90. The molecular formula is C16H17N. The normalized spacial score (nSPS) is 13.7. The van der Waals surface area contributed by atoms with Crippen molar-refractivity contribution in [2.75, 3.05) is 0 Å². The van der Waals surface area contributed by atoms with E-state index in [1.807, 2.05) is 0 Å². The van der Waals surface area contributed by atoms with Crippen molar-refractivity contribution in [2.45, 2.75) is 26.2 Å². The van der Waals surface area contributed by atoms with Gasteiger partial charge in [0.1, 0.15) is 0 Å². The maximum Gasteiger partial charge on any atom is 0.0492 e. The van der Waals surface area contributed by atoms with Gasteiger partial charge in [-0.15, -0.1) is 0 Å². The van der Waals surface area contributed by atoms with Crippen LogP contribution in [0.1, 0.15) is 30.0 Å². The number of aromatic nitrogens is 1. The molecule has 0 unspecified atom stereocenters. The molecule has 0 saturated heterocycles. The van der Waals surface area contributed by atoms with Gasteiger partial charge in [-0.25, -0.2) is 0 Å². The van der Waals surface area contributed by atoms with E-state index in [4.69, 9.17) is 0 Å². The number of benzene rings is 1. The van der Waals surface area contributed by atoms with E-state index < -0.39 is 0 Å². The molecule has 86 valence electrons. The van der Waals surface area contributed by atoms with Gasteiger partial charge in [0.05, 0.1) is 0 Å². The molecule has 0 radical (unpaired) electrons. The largest absolute Gasteiger partial charge is 0.360 e. The predicted octanol–water partition coefficient (Wildman–Crippen LogP) is 4.20. The number of hydrogen-bond acceptors (Lipinski definition) is 0. The lowest BCUT2D eigenvalue weighted by molar-refractivity contribution is 0.993. The first-order chi connectivity index (χ1) is 8.38. The Labute approximate surface area is 102 Å². The van der Waals surface area contributed by atoms with Crippen LogP contribution in [0, 0.1) is 0 Å². The second-order valence-electron chi connectivity index (χ2n) is 4.59. The smallest absolute Gasteiger partial charge is 0.0492 e. The Morgan fingerprint density at radius 1 is 1.18 bits per heavy atom. The molecule has 0 fully saturated rings. The fraction of sp³-hybridized carbons (Fsp3) is 0.250. The van der Waals surface area contributed by atoms with Gasteiger partial charge in [0, 0.05) is 11.9 Å². The molecule has 1 aliphatic carbocycles. The summed E-state index contributed by atoms with van der Waals surface area (Å²) in [6.45, 7) is 2.19. The van der Waals surface area contributed by atoms with Crippen LogP contribution in [-0.2, 0) is 12.8 Å². The summed E-state index contributed by atoms with van der Waals surface area (Å²) >= 11 is 0. The molecule has 0 spiro atoms. The molecule has 1 aromatic carbocycles. The van der Waals surface area contributed by atoms with Crippen molar-refractivity contribution in [3.05, 3.63) is 53.2 Å². The van der Waals surface area contributed by atoms with E-state index >= 15 is 0 Å². The topological polar surface area (TPSA) is 15.8 Å². The summed E-state index contributed by atoms with van der Waals surface area (Å²) < 4.78 is 0. The molecule has 0 amide bonds. The lowest BCUT2D eigenvalue weighted by atomic mass is 9.96. The second-order valence-corrected chi connectivity index (χ2v) is 4.59. The summed E-state index contributed by atoms with van der Waals surface area (Å²) in [5, 5.41) is 0. The maximum absolute atomic E-state index is 3.42. The van der Waals surface area contributed by atoms with Crippen molar-refractivity contribution in [1.82, 2.24) is 4.98 Å². The van der Waals surface area contributed by atoms with Crippen LogP contribution < -0.4 is 0 Å². The Morgan fingerprint density at radius 3 is 2.76 bits per heavy atom. The van der Waals surface area contributed by atoms with Crippen LogP contribution in [0.2, 0.25) is 0 Å². The number of H-pyrrole nitrogens is 1. The van der Waals surface area contributed by atoms with Gasteiger partial charge >= 0.3 is 0 Å². The van der Waals surface area contributed by atoms with Gasteiger partial charge in [0.25, 0.3) is 0 Å². The number of hydrogen-bond donors (Lipinski definition) is 1. The summed E-state index contributed by atoms with van der Waals surface area (Å²) in [6.07, 6.45) is 10.0. The number of nitrogens with one attached hydrogen (secondary N) is 1. The summed E-state index contributed by atoms with van der Waals surface area (Å²) in [5.41, 5.74) is 6.82. The van der Waals surface area contributed by atoms with Gasteiger partial charge < -0.3 is 4.98 Å². The van der Waals surface area contributed by atoms with E-state index in [9.17, 15) is 0 Å². The minimum Gasteiger partial charge on any atom is -0.360 e. The lowest BCUT2D eigenvalue weighted by Gasteiger charge is -2.08. The highest BCUT2D eigenvalue weighted by atomic mass is 14.7. The first kappa shape index (κ1) is 10.4. The van der Waals surface area contributed by atoms with Gasteiger partial charge in [-0.3, -0.25) is 0 Å². The zero-order valence-electron chi connectivity index (χ0n) is 10.2. The molecule has 17 heavy (non-hydrogen) atoms. The van der Waals surface area contributed by atoms with Crippen LogP contribution in [0.3, 0.4) is 0 Å². The molecule has 3 rings (SSSR count). The average Bonchev–Trinajstić information content (AvgIpc) is 2.83. The van der Waals surface area contributed by atoms with Crippen LogP contribution >= 0.6 is 0 Å². The highest BCUT2D eigenvalue weighted by Gasteiger charge is 2.12. The van der Waals surface area contributed by atoms with Gasteiger partial charge in [0.15, 0.2) is 0 Å². The monoisotopic (exact) mass is 223 g/mol. The molecule has 1 heteroatoms. The van der Waals surface area contributed by atoms with Gasteiger partial charge in [-0.1, -0.05) is 43.3 Å². The van der Waals surface area contributed by atoms with E-state index in [0.717, 1.165) is 19.3 Å². The second kappa shape index (κ2) is 4.25. The van der Waals surface area contributed by atoms with Gasteiger partial charge in [-0.2, -0.15) is 0 Å². The first-order valence-corrected chi connectivity index (χ1v) is 6.34. The number of rotatable bonds is 2. The van der Waals surface area contributed by atoms with Crippen molar-refractivity contribution in [2.24, 2.45) is 0 Å². The predicted molar refractivity (Wildman–Crippen MR) is 73.0 cm³/mol. The Morgan fingerprint density at radius 2 is 2.00 bits per heavy atom. The Hall–Kier alpha value is -1.76. The SMILES string of the molecule is CCc1ccc(-c2[nH]cc3c2CCC=C3)cc1. The lowest BCUT2D eigenvalue weighted by Crippen LogP contribution is -1.92. The Balaban J connectivity index is 2.03. The van der Waals surface area contributed by atoms with Crippen LogP contribution in [0.15, 0.2) is 36.5 Å². The number of aryl methyl sites for hydroxylation is 1. The Bertz CT molecular complexity index is 543. The summed E-state index contributed by atoms with van der Waals surface area (Å²) in [4.78, 5) is 3.42. The molecule has 1 aliphatic rings. The standard InChI is InChI=1S/C16H17N/c1-2-12-7-9-13(10-8-12)16-15-6-4-3-5-14(15)11-17-16/h3,5,7-11,17H,2,4,6H2,1H3. The maximum atomic E-state index is 3.42. The molecule has 0 atom stereocenters. The zero-order chi connectivity index (χ0) is 11.7. The van der Waals surface area contributed by atoms with E-state index in [0.29, 0.717) is 0 Å². The number of aromatic amines is 1. The van der Waals surface area contributed by atoms with Crippen molar-refractivity contribution in [1.29, 1.82) is 0 Å². The average molecular weight is 223 g/mol. The fourth-order valence-corrected chi connectivity index (χ4v) is 2.49. The van der Waals surface area contributed by atoms with Crippen LogP contribution in [-0.4, -0.2) is 4.98 Å². The van der Waals surface area contributed by atoms with Crippen LogP contribution in [0.25, 0.3) is 17.3 Å². The molecule has 2 aromatic rings. The molecule has 0 aliphatic heterocycles. The third-order valence-electron chi connectivity index (χ3n) is 3.53. The van der Waals surface area contributed by atoms with E-state index in [2.05, 4.69) is 54.5 Å². The first-order valence-electron chi connectivity index (χ1n) is 6.34. The van der Waals surface area contributed by atoms with E-state index in [1.54, 1.807) is 0 Å². The van der Waals surface area contributed by atoms with Gasteiger partial charge in [-0.05, 0) is 41.5 Å². The molecule has 1 heterocycles. The summed E-state index contributed by atoms with van der Waals surface area (Å²) in [5.74, 6) is 0. The number of allylic oxidation sites excluding steroid dienone is 1. The third-order valence-corrected chi connectivity index (χ3v) is 3.53. The van der Waals surface area contributed by atoms with Crippen molar-refractivity contribution >= 4 is 6.08 Å². The third kappa shape index (κ3) is 1.82. The highest BCUT2D eigenvalue weighted by Crippen LogP contribution is 2.30. The zero-order valence-corrected chi connectivity index (χ0v) is 10.2.